The van der Waals surface area contributed by atoms with Gasteiger partial charge in [-0.2, -0.15) is 0 Å². The van der Waals surface area contributed by atoms with Gasteiger partial charge in [-0.25, -0.2) is 0 Å². The van der Waals surface area contributed by atoms with E-state index in [1.54, 1.807) is 0 Å². The fourth-order valence-corrected chi connectivity index (χ4v) is 10.9. The van der Waals surface area contributed by atoms with Crippen molar-refractivity contribution in [1.29, 1.82) is 0 Å². The summed E-state index contributed by atoms with van der Waals surface area (Å²) in [5, 5.41) is 0. The Kier molecular flexibility index (Phi) is 11.1. The van der Waals surface area contributed by atoms with E-state index in [4.69, 9.17) is 0 Å². The van der Waals surface area contributed by atoms with E-state index in [1.165, 1.54) is 78.2 Å². The van der Waals surface area contributed by atoms with Crippen molar-refractivity contribution in [3.8, 4) is 26.6 Å². The van der Waals surface area contributed by atoms with Gasteiger partial charge in [0.25, 0.3) is 0 Å². The van der Waals surface area contributed by atoms with E-state index < -0.39 is 0 Å². The number of rotatable bonds is 14. The summed E-state index contributed by atoms with van der Waals surface area (Å²) in [5.74, 6) is 0. The molecule has 0 N–H and O–H groups in total. The number of benzene rings is 7. The molecule has 0 aliphatic carbocycles. The molecular formula is C56H47N3S2. The highest BCUT2D eigenvalue weighted by molar-refractivity contribution is 7.30. The molecule has 5 heteroatoms. The summed E-state index contributed by atoms with van der Waals surface area (Å²) in [7, 11) is 0. The first-order valence-electron chi connectivity index (χ1n) is 21.4. The smallest absolute Gasteiger partial charge is 0.0711 e. The molecule has 0 bridgehead atoms. The molecule has 3 heterocycles. The number of para-hydroxylation sites is 4. The molecule has 0 saturated carbocycles. The molecule has 3 aromatic heterocycles. The lowest BCUT2D eigenvalue weighted by molar-refractivity contribution is 0.667. The standard InChI is InChI=1S/C56H47N3S2/c1-2-3-4-9-18-41-27-33-50(34-28-41)59-51-39-53(42-29-35-48(36-30-42)57(44-19-10-5-11-20-44)45-21-12-6-13-22-45)60-55(51)56-52(59)40-54(61-56)43-31-37-49(38-32-43)58(46-23-14-7-15-24-46)47-25-16-8-17-26-47/h5-8,10-17,19-40H,2-4,9,18H2,1H3. The molecule has 0 radical (unpaired) electrons. The summed E-state index contributed by atoms with van der Waals surface area (Å²) in [5.41, 5.74) is 14.4. The topological polar surface area (TPSA) is 11.4 Å². The van der Waals surface area contributed by atoms with Crippen molar-refractivity contribution in [1.82, 2.24) is 4.57 Å². The van der Waals surface area contributed by atoms with Gasteiger partial charge in [0, 0.05) is 49.6 Å². The van der Waals surface area contributed by atoms with Crippen molar-refractivity contribution in [2.24, 2.45) is 0 Å². The number of aryl methyl sites for hydroxylation is 1. The molecule has 3 nitrogen and oxygen atoms in total. The normalized spacial score (nSPS) is 11.4. The Bertz CT molecular complexity index is 2710. The number of aromatic nitrogens is 1. The van der Waals surface area contributed by atoms with Gasteiger partial charge in [-0.1, -0.05) is 135 Å². The van der Waals surface area contributed by atoms with Crippen LogP contribution in [0.4, 0.5) is 34.1 Å². The zero-order chi connectivity index (χ0) is 41.0. The maximum absolute atomic E-state index is 2.49. The lowest BCUT2D eigenvalue weighted by Gasteiger charge is -2.25. The molecule has 298 valence electrons. The quantitative estimate of drug-likeness (QED) is 0.101. The second-order valence-corrected chi connectivity index (χ2v) is 17.7. The number of hydrogen-bond donors (Lipinski definition) is 0. The number of anilines is 6. The van der Waals surface area contributed by atoms with Crippen molar-refractivity contribution in [2.75, 3.05) is 9.80 Å². The van der Waals surface area contributed by atoms with Crippen molar-refractivity contribution >= 4 is 77.2 Å². The van der Waals surface area contributed by atoms with E-state index in [0.29, 0.717) is 0 Å². The Balaban J connectivity index is 1.03. The molecule has 0 fully saturated rings. The number of hydrogen-bond acceptors (Lipinski definition) is 4. The van der Waals surface area contributed by atoms with Crippen molar-refractivity contribution < 1.29 is 0 Å². The largest absolute Gasteiger partial charge is 0.311 e. The zero-order valence-corrected chi connectivity index (χ0v) is 36.0. The second-order valence-electron chi connectivity index (χ2n) is 15.6. The van der Waals surface area contributed by atoms with Gasteiger partial charge in [0.15, 0.2) is 0 Å². The molecule has 0 spiro atoms. The van der Waals surface area contributed by atoms with Crippen LogP contribution in [-0.2, 0) is 6.42 Å². The fraction of sp³-hybridized carbons (Fsp3) is 0.107. The molecule has 0 saturated heterocycles. The summed E-state index contributed by atoms with van der Waals surface area (Å²) < 4.78 is 5.16. The van der Waals surface area contributed by atoms with E-state index in [9.17, 15) is 0 Å². The fourth-order valence-electron chi connectivity index (χ4n) is 8.43. The molecule has 0 amide bonds. The molecular weight excluding hydrogens is 779 g/mol. The van der Waals surface area contributed by atoms with Gasteiger partial charge < -0.3 is 14.4 Å². The third-order valence-corrected chi connectivity index (χ3v) is 14.0. The molecule has 7 aromatic carbocycles. The second kappa shape index (κ2) is 17.5. The van der Waals surface area contributed by atoms with Gasteiger partial charge in [-0.05, 0) is 127 Å². The Morgan fingerprint density at radius 1 is 0.393 bits per heavy atom. The SMILES string of the molecule is CCCCCCc1ccc(-n2c3cc(-c4ccc(N(c5ccccc5)c5ccccc5)cc4)sc3c3sc(-c4ccc(N(c5ccccc5)c5ccccc5)cc4)cc32)cc1. The Morgan fingerprint density at radius 3 is 1.15 bits per heavy atom. The molecule has 0 atom stereocenters. The zero-order valence-electron chi connectivity index (χ0n) is 34.3. The van der Waals surface area contributed by atoms with Gasteiger partial charge >= 0.3 is 0 Å². The summed E-state index contributed by atoms with van der Waals surface area (Å²) in [6.45, 7) is 2.28. The van der Waals surface area contributed by atoms with E-state index >= 15 is 0 Å². The average Bonchev–Trinajstić information content (AvgIpc) is 4.02. The molecule has 10 rings (SSSR count). The van der Waals surface area contributed by atoms with Crippen LogP contribution in [0.2, 0.25) is 0 Å². The highest BCUT2D eigenvalue weighted by Gasteiger charge is 2.21. The third kappa shape index (κ3) is 7.91. The minimum absolute atomic E-state index is 1.13. The first-order valence-corrected chi connectivity index (χ1v) is 23.0. The first kappa shape index (κ1) is 38.5. The lowest BCUT2D eigenvalue weighted by atomic mass is 10.1. The van der Waals surface area contributed by atoms with Crippen molar-refractivity contribution in [3.05, 3.63) is 212 Å². The minimum atomic E-state index is 1.13. The number of unbranched alkanes of at least 4 members (excludes halogenated alkanes) is 3. The molecule has 0 aliphatic heterocycles. The Morgan fingerprint density at radius 2 is 0.770 bits per heavy atom. The van der Waals surface area contributed by atoms with E-state index in [0.717, 1.165) is 40.5 Å². The van der Waals surface area contributed by atoms with Gasteiger partial charge in [0.05, 0.1) is 20.4 Å². The molecule has 10 aromatic rings. The summed E-state index contributed by atoms with van der Waals surface area (Å²) >= 11 is 3.80. The summed E-state index contributed by atoms with van der Waals surface area (Å²) in [6.07, 6.45) is 6.24. The van der Waals surface area contributed by atoms with E-state index in [-0.39, 0.29) is 0 Å². The minimum Gasteiger partial charge on any atom is -0.311 e. The molecule has 61 heavy (non-hydrogen) atoms. The lowest BCUT2D eigenvalue weighted by Crippen LogP contribution is -2.09. The number of thiophene rings is 2. The van der Waals surface area contributed by atoms with Crippen LogP contribution in [0, 0.1) is 0 Å². The van der Waals surface area contributed by atoms with Crippen LogP contribution >= 0.6 is 22.7 Å². The highest BCUT2D eigenvalue weighted by atomic mass is 32.1. The number of nitrogens with zero attached hydrogens (tertiary/aromatic N) is 3. The van der Waals surface area contributed by atoms with Gasteiger partial charge in [-0.3, -0.25) is 0 Å². The van der Waals surface area contributed by atoms with Crippen LogP contribution in [0.25, 0.3) is 47.0 Å². The molecule has 0 unspecified atom stereocenters. The summed E-state index contributed by atoms with van der Waals surface area (Å²) in [6, 6.07) is 74.8. The van der Waals surface area contributed by atoms with Gasteiger partial charge in [-0.15, -0.1) is 22.7 Å². The van der Waals surface area contributed by atoms with Crippen LogP contribution in [-0.4, -0.2) is 4.57 Å². The van der Waals surface area contributed by atoms with E-state index in [1.807, 2.05) is 22.7 Å². The molecule has 0 aliphatic rings. The maximum atomic E-state index is 2.49. The number of fused-ring (bicyclic) bond motifs is 3. The van der Waals surface area contributed by atoms with Gasteiger partial charge in [0.1, 0.15) is 0 Å². The monoisotopic (exact) mass is 825 g/mol. The average molecular weight is 826 g/mol. The highest BCUT2D eigenvalue weighted by Crippen LogP contribution is 2.47. The Hall–Kier alpha value is -6.66. The van der Waals surface area contributed by atoms with Crippen LogP contribution in [0.5, 0.6) is 0 Å². The predicted octanol–water partition coefficient (Wildman–Crippen LogP) is 17.3. The van der Waals surface area contributed by atoms with Crippen molar-refractivity contribution in [3.63, 3.8) is 0 Å². The third-order valence-electron chi connectivity index (χ3n) is 11.5. The van der Waals surface area contributed by atoms with Gasteiger partial charge in [0.2, 0.25) is 0 Å². The van der Waals surface area contributed by atoms with Crippen LogP contribution in [0.15, 0.2) is 206 Å². The van der Waals surface area contributed by atoms with Crippen molar-refractivity contribution in [2.45, 2.75) is 39.0 Å². The first-order chi connectivity index (χ1) is 30.2. The van der Waals surface area contributed by atoms with Crippen LogP contribution in [0.3, 0.4) is 0 Å². The predicted molar refractivity (Wildman–Crippen MR) is 265 cm³/mol. The Labute approximate surface area is 367 Å². The van der Waals surface area contributed by atoms with Crippen LogP contribution in [0.1, 0.15) is 38.2 Å². The maximum Gasteiger partial charge on any atom is 0.0711 e. The summed E-state index contributed by atoms with van der Waals surface area (Å²) in [4.78, 5) is 7.18. The van der Waals surface area contributed by atoms with Crippen LogP contribution < -0.4 is 9.80 Å². The van der Waals surface area contributed by atoms with E-state index in [2.05, 4.69) is 228 Å².